The quantitative estimate of drug-likeness (QED) is 0.235. The second kappa shape index (κ2) is 8.55. The molecule has 7 heteroatoms. The Labute approximate surface area is 213 Å². The highest BCUT2D eigenvalue weighted by Crippen LogP contribution is 2.52. The summed E-state index contributed by atoms with van der Waals surface area (Å²) in [4.78, 5) is 56.9. The molecular weight excluding hydrogens is 468 g/mol. The summed E-state index contributed by atoms with van der Waals surface area (Å²) in [5, 5.41) is 0. The van der Waals surface area contributed by atoms with E-state index >= 15 is 0 Å². The molecule has 3 heterocycles. The van der Waals surface area contributed by atoms with Crippen molar-refractivity contribution in [2.75, 3.05) is 9.80 Å². The number of nitrogens with zero attached hydrogens (tertiary/aromatic N) is 2. The van der Waals surface area contributed by atoms with Crippen molar-refractivity contribution in [3.8, 4) is 5.75 Å². The van der Waals surface area contributed by atoms with Gasteiger partial charge in [-0.3, -0.25) is 19.2 Å². The molecular formula is C30H24N2O5. The average molecular weight is 493 g/mol. The fraction of sp³-hybridized carbons (Fsp3) is 0.200. The van der Waals surface area contributed by atoms with Gasteiger partial charge in [0.25, 0.3) is 0 Å². The Morgan fingerprint density at radius 3 is 2.24 bits per heavy atom. The molecule has 0 unspecified atom stereocenters. The Kier molecular flexibility index (Phi) is 5.30. The third kappa shape index (κ3) is 3.49. The van der Waals surface area contributed by atoms with Crippen molar-refractivity contribution in [2.45, 2.75) is 25.9 Å². The summed E-state index contributed by atoms with van der Waals surface area (Å²) in [6, 6.07) is 19.8. The van der Waals surface area contributed by atoms with Gasteiger partial charge in [0.05, 0.1) is 29.3 Å². The van der Waals surface area contributed by atoms with Gasteiger partial charge in [-0.2, -0.15) is 0 Å². The zero-order chi connectivity index (χ0) is 25.8. The number of imide groups is 1. The molecule has 37 heavy (non-hydrogen) atoms. The molecule has 2 fully saturated rings. The fourth-order valence-corrected chi connectivity index (χ4v) is 5.84. The third-order valence-electron chi connectivity index (χ3n) is 7.36. The van der Waals surface area contributed by atoms with Crippen molar-refractivity contribution in [3.63, 3.8) is 0 Å². The second-order valence-electron chi connectivity index (χ2n) is 9.62. The molecule has 3 aromatic rings. The van der Waals surface area contributed by atoms with E-state index in [1.807, 2.05) is 48.2 Å². The van der Waals surface area contributed by atoms with Crippen LogP contribution in [-0.4, -0.2) is 35.7 Å². The maximum Gasteiger partial charge on any atom is 0.308 e. The van der Waals surface area contributed by atoms with Gasteiger partial charge in [0.15, 0.2) is 11.5 Å². The van der Waals surface area contributed by atoms with Crippen LogP contribution < -0.4 is 14.5 Å². The Morgan fingerprint density at radius 2 is 1.54 bits per heavy atom. The van der Waals surface area contributed by atoms with E-state index in [0.717, 1.165) is 11.1 Å². The summed E-state index contributed by atoms with van der Waals surface area (Å²) in [7, 11) is 0. The van der Waals surface area contributed by atoms with Gasteiger partial charge in [-0.1, -0.05) is 72.3 Å². The van der Waals surface area contributed by atoms with Gasteiger partial charge in [-0.15, -0.1) is 0 Å². The molecule has 2 saturated heterocycles. The van der Waals surface area contributed by atoms with E-state index in [1.54, 1.807) is 48.5 Å². The molecule has 4 atom stereocenters. The van der Waals surface area contributed by atoms with Crippen molar-refractivity contribution in [2.24, 2.45) is 11.8 Å². The lowest BCUT2D eigenvalue weighted by Crippen LogP contribution is -2.49. The van der Waals surface area contributed by atoms with Crippen molar-refractivity contribution in [1.82, 2.24) is 0 Å². The van der Waals surface area contributed by atoms with Gasteiger partial charge in [-0.05, 0) is 25.1 Å². The van der Waals surface area contributed by atoms with E-state index in [2.05, 4.69) is 0 Å². The van der Waals surface area contributed by atoms with Crippen LogP contribution in [0.15, 0.2) is 78.9 Å². The van der Waals surface area contributed by atoms with E-state index in [0.29, 0.717) is 22.7 Å². The number of Topliss-reactive ketones (excluding diaryl/α,β-unsaturated/α-hetero) is 1. The first-order valence-electron chi connectivity index (χ1n) is 12.2. The molecule has 3 aromatic carbocycles. The van der Waals surface area contributed by atoms with Crippen molar-refractivity contribution in [3.05, 3.63) is 95.6 Å². The summed E-state index contributed by atoms with van der Waals surface area (Å²) < 4.78 is 5.53. The van der Waals surface area contributed by atoms with Gasteiger partial charge in [0, 0.05) is 18.1 Å². The van der Waals surface area contributed by atoms with Crippen LogP contribution in [0, 0.1) is 18.8 Å². The predicted molar refractivity (Wildman–Crippen MR) is 138 cm³/mol. The third-order valence-corrected chi connectivity index (χ3v) is 7.36. The Bertz CT molecular complexity index is 1480. The summed E-state index contributed by atoms with van der Waals surface area (Å²) >= 11 is 0. The monoisotopic (exact) mass is 492 g/mol. The molecule has 7 nitrogen and oxygen atoms in total. The molecule has 0 spiro atoms. The zero-order valence-electron chi connectivity index (χ0n) is 20.3. The van der Waals surface area contributed by atoms with Gasteiger partial charge in [0.2, 0.25) is 11.8 Å². The molecule has 184 valence electrons. The minimum absolute atomic E-state index is 0.260. The van der Waals surface area contributed by atoms with Gasteiger partial charge >= 0.3 is 5.97 Å². The lowest BCUT2D eigenvalue weighted by atomic mass is 9.86. The molecule has 0 aliphatic carbocycles. The van der Waals surface area contributed by atoms with Crippen LogP contribution in [0.25, 0.3) is 6.08 Å². The zero-order valence-corrected chi connectivity index (χ0v) is 20.3. The van der Waals surface area contributed by atoms with Gasteiger partial charge < -0.3 is 9.64 Å². The second-order valence-corrected chi connectivity index (χ2v) is 9.62. The number of carbonyl (C=O) groups is 4. The number of aryl methyl sites for hydroxylation is 1. The molecule has 3 aliphatic heterocycles. The number of anilines is 2. The van der Waals surface area contributed by atoms with E-state index in [4.69, 9.17) is 4.74 Å². The molecule has 0 radical (unpaired) electrons. The molecule has 3 aliphatic rings. The lowest BCUT2D eigenvalue weighted by molar-refractivity contribution is -0.132. The summed E-state index contributed by atoms with van der Waals surface area (Å²) in [5.41, 5.74) is 3.24. The lowest BCUT2D eigenvalue weighted by Gasteiger charge is -2.37. The number of fused-ring (bicyclic) bond motifs is 5. The van der Waals surface area contributed by atoms with Gasteiger partial charge in [-0.25, -0.2) is 4.90 Å². The molecule has 0 saturated carbocycles. The number of amides is 2. The number of para-hydroxylation sites is 1. The minimum atomic E-state index is -0.954. The SMILES string of the molecule is CC(=O)Oc1cccc2c1N1[C@H](C(=O)c3ccccc3)[C@@H]3C(=O)N(c4ccc(C)cc4)C(=O)[C@@H]3[C@@H]1C=C2. The number of hydrogen-bond acceptors (Lipinski definition) is 6. The van der Waals surface area contributed by atoms with Crippen molar-refractivity contribution < 1.29 is 23.9 Å². The number of rotatable bonds is 4. The van der Waals surface area contributed by atoms with Crippen LogP contribution in [0.2, 0.25) is 0 Å². The smallest absolute Gasteiger partial charge is 0.308 e. The van der Waals surface area contributed by atoms with E-state index in [9.17, 15) is 19.2 Å². The van der Waals surface area contributed by atoms with Crippen molar-refractivity contribution in [1.29, 1.82) is 0 Å². The largest absolute Gasteiger partial charge is 0.424 e. The number of carbonyl (C=O) groups excluding carboxylic acids is 4. The fourth-order valence-electron chi connectivity index (χ4n) is 5.84. The molecule has 0 bridgehead atoms. The highest BCUT2D eigenvalue weighted by atomic mass is 16.5. The van der Waals surface area contributed by atoms with Crippen LogP contribution in [0.3, 0.4) is 0 Å². The number of benzene rings is 3. The van der Waals surface area contributed by atoms with Crippen LogP contribution in [0.5, 0.6) is 5.75 Å². The predicted octanol–water partition coefficient (Wildman–Crippen LogP) is 4.19. The van der Waals surface area contributed by atoms with E-state index in [1.165, 1.54) is 11.8 Å². The summed E-state index contributed by atoms with van der Waals surface area (Å²) in [5.74, 6) is -2.86. The standard InChI is InChI=1S/C30H24N2O5/c1-17-11-14-21(15-12-17)31-29(35)24-22-16-13-19-9-6-10-23(37-18(2)33)26(19)32(22)27(25(24)30(31)36)28(34)20-7-4-3-5-8-20/h3-16,22,24-25,27H,1-2H3/t22-,24+,25+,27-/m0/s1. The highest BCUT2D eigenvalue weighted by molar-refractivity contribution is 6.25. The minimum Gasteiger partial charge on any atom is -0.424 e. The molecule has 2 amide bonds. The van der Waals surface area contributed by atoms with E-state index in [-0.39, 0.29) is 11.7 Å². The first-order chi connectivity index (χ1) is 17.9. The Morgan fingerprint density at radius 1 is 0.838 bits per heavy atom. The highest BCUT2D eigenvalue weighted by Gasteiger charge is 2.64. The maximum absolute atomic E-state index is 14.1. The summed E-state index contributed by atoms with van der Waals surface area (Å²) in [6.45, 7) is 3.25. The van der Waals surface area contributed by atoms with Crippen LogP contribution in [0.1, 0.15) is 28.4 Å². The van der Waals surface area contributed by atoms with Crippen molar-refractivity contribution >= 4 is 41.0 Å². The molecule has 6 rings (SSSR count). The van der Waals surface area contributed by atoms with Crippen LogP contribution in [-0.2, 0) is 14.4 Å². The molecule has 0 N–H and O–H groups in total. The van der Waals surface area contributed by atoms with E-state index < -0.39 is 35.8 Å². The summed E-state index contributed by atoms with van der Waals surface area (Å²) in [6.07, 6.45) is 3.74. The number of ketones is 1. The first-order valence-corrected chi connectivity index (χ1v) is 12.2. The van der Waals surface area contributed by atoms with Crippen LogP contribution in [0.4, 0.5) is 11.4 Å². The number of ether oxygens (including phenoxy) is 1. The Balaban J connectivity index is 1.52. The maximum atomic E-state index is 14.1. The normalized spacial score (nSPS) is 23.5. The number of hydrogen-bond donors (Lipinski definition) is 0. The number of esters is 1. The van der Waals surface area contributed by atoms with Gasteiger partial charge in [0.1, 0.15) is 6.04 Å². The van der Waals surface area contributed by atoms with Crippen LogP contribution >= 0.6 is 0 Å². The topological polar surface area (TPSA) is 84.0 Å². The first kappa shape index (κ1) is 22.9. The molecule has 0 aromatic heterocycles. The Hall–Kier alpha value is -4.52. The average Bonchev–Trinajstić information content (AvgIpc) is 3.37.